The molecule has 3 N–H and O–H groups in total. The van der Waals surface area contributed by atoms with E-state index >= 15 is 0 Å². The van der Waals surface area contributed by atoms with Gasteiger partial charge in [0.25, 0.3) is 0 Å². The van der Waals surface area contributed by atoms with Gasteiger partial charge >= 0.3 is 0 Å². The molecule has 0 bridgehead atoms. The highest BCUT2D eigenvalue weighted by Gasteiger charge is 2.09. The molecule has 1 aromatic carbocycles. The Kier molecular flexibility index (Phi) is 3.33. The summed E-state index contributed by atoms with van der Waals surface area (Å²) in [7, 11) is 0. The van der Waals surface area contributed by atoms with Crippen LogP contribution in [0.25, 0.3) is 0 Å². The van der Waals surface area contributed by atoms with Crippen LogP contribution in [0.15, 0.2) is 28.7 Å². The van der Waals surface area contributed by atoms with E-state index in [9.17, 15) is 0 Å². The zero-order valence-corrected chi connectivity index (χ0v) is 9.56. The number of benzene rings is 1. The Bertz CT molecular complexity index is 261. The largest absolute Gasteiger partial charge is 0.383 e. The zero-order valence-electron chi connectivity index (χ0n) is 7.97. The van der Waals surface area contributed by atoms with Crippen molar-refractivity contribution in [2.45, 2.75) is 19.4 Å². The Morgan fingerprint density at radius 1 is 1.31 bits per heavy atom. The summed E-state index contributed by atoms with van der Waals surface area (Å²) in [4.78, 5) is 0. The molecule has 3 heteroatoms. The van der Waals surface area contributed by atoms with Crippen molar-refractivity contribution in [2.24, 2.45) is 5.73 Å². The summed E-state index contributed by atoms with van der Waals surface area (Å²) in [5.74, 6) is 0. The predicted octanol–water partition coefficient (Wildman–Crippen LogP) is 2.60. The summed E-state index contributed by atoms with van der Waals surface area (Å²) in [6.07, 6.45) is 0. The van der Waals surface area contributed by atoms with E-state index < -0.39 is 0 Å². The molecule has 1 rings (SSSR count). The van der Waals surface area contributed by atoms with Crippen LogP contribution in [-0.2, 0) is 0 Å². The molecule has 0 spiro atoms. The molecule has 0 aliphatic carbocycles. The van der Waals surface area contributed by atoms with Gasteiger partial charge in [-0.1, -0.05) is 15.9 Å². The Balaban J connectivity index is 2.51. The zero-order chi connectivity index (χ0) is 9.90. The maximum Gasteiger partial charge on any atom is 0.0341 e. The molecular formula is C10H15BrN2. The minimum atomic E-state index is -0.174. The standard InChI is InChI=1S/C10H15BrN2/c1-10(2,12)7-13-9-5-3-8(11)4-6-9/h3-6,13H,7,12H2,1-2H3. The van der Waals surface area contributed by atoms with Crippen LogP contribution in [-0.4, -0.2) is 12.1 Å². The van der Waals surface area contributed by atoms with Crippen molar-refractivity contribution in [1.82, 2.24) is 0 Å². The van der Waals surface area contributed by atoms with Crippen LogP contribution in [0.2, 0.25) is 0 Å². The second-order valence-corrected chi connectivity index (χ2v) is 4.76. The van der Waals surface area contributed by atoms with Gasteiger partial charge in [-0.2, -0.15) is 0 Å². The highest BCUT2D eigenvalue weighted by Crippen LogP contribution is 2.14. The van der Waals surface area contributed by atoms with Gasteiger partial charge < -0.3 is 11.1 Å². The van der Waals surface area contributed by atoms with Crippen molar-refractivity contribution in [3.8, 4) is 0 Å². The Morgan fingerprint density at radius 3 is 2.31 bits per heavy atom. The lowest BCUT2D eigenvalue weighted by molar-refractivity contribution is 0.549. The third kappa shape index (κ3) is 4.29. The first kappa shape index (κ1) is 10.5. The number of nitrogens with two attached hydrogens (primary N) is 1. The minimum absolute atomic E-state index is 0.174. The molecule has 0 aliphatic rings. The fourth-order valence-electron chi connectivity index (χ4n) is 0.898. The highest BCUT2D eigenvalue weighted by molar-refractivity contribution is 9.10. The van der Waals surface area contributed by atoms with Gasteiger partial charge in [0, 0.05) is 22.2 Å². The van der Waals surface area contributed by atoms with Gasteiger partial charge in [-0.3, -0.25) is 0 Å². The first-order valence-electron chi connectivity index (χ1n) is 4.26. The van der Waals surface area contributed by atoms with Gasteiger partial charge in [0.15, 0.2) is 0 Å². The van der Waals surface area contributed by atoms with Crippen LogP contribution in [0.4, 0.5) is 5.69 Å². The van der Waals surface area contributed by atoms with E-state index in [1.807, 2.05) is 38.1 Å². The number of anilines is 1. The second-order valence-electron chi connectivity index (χ2n) is 3.85. The lowest BCUT2D eigenvalue weighted by Gasteiger charge is -2.19. The van der Waals surface area contributed by atoms with Gasteiger partial charge in [0.2, 0.25) is 0 Å². The summed E-state index contributed by atoms with van der Waals surface area (Å²) < 4.78 is 1.09. The van der Waals surface area contributed by atoms with E-state index in [4.69, 9.17) is 5.73 Å². The van der Waals surface area contributed by atoms with E-state index in [-0.39, 0.29) is 5.54 Å². The van der Waals surface area contributed by atoms with E-state index in [1.54, 1.807) is 0 Å². The van der Waals surface area contributed by atoms with Gasteiger partial charge in [-0.25, -0.2) is 0 Å². The number of hydrogen-bond donors (Lipinski definition) is 2. The van der Waals surface area contributed by atoms with Crippen molar-refractivity contribution < 1.29 is 0 Å². The molecule has 13 heavy (non-hydrogen) atoms. The number of halogens is 1. The molecule has 72 valence electrons. The van der Waals surface area contributed by atoms with Crippen molar-refractivity contribution in [1.29, 1.82) is 0 Å². The average Bonchev–Trinajstić information content (AvgIpc) is 2.02. The van der Waals surface area contributed by atoms with Crippen molar-refractivity contribution in [2.75, 3.05) is 11.9 Å². The van der Waals surface area contributed by atoms with Crippen LogP contribution in [0.3, 0.4) is 0 Å². The summed E-state index contributed by atoms with van der Waals surface area (Å²) >= 11 is 3.38. The maximum absolute atomic E-state index is 5.84. The predicted molar refractivity (Wildman–Crippen MR) is 60.9 cm³/mol. The molecule has 0 saturated carbocycles. The minimum Gasteiger partial charge on any atom is -0.383 e. The smallest absolute Gasteiger partial charge is 0.0341 e. The lowest BCUT2D eigenvalue weighted by atomic mass is 10.1. The molecule has 0 heterocycles. The molecule has 0 aliphatic heterocycles. The van der Waals surface area contributed by atoms with E-state index in [1.165, 1.54) is 0 Å². The summed E-state index contributed by atoms with van der Waals surface area (Å²) in [5.41, 5.74) is 6.77. The number of nitrogens with one attached hydrogen (secondary N) is 1. The number of rotatable bonds is 3. The van der Waals surface area contributed by atoms with Gasteiger partial charge in [-0.15, -0.1) is 0 Å². The Labute approximate surface area is 87.6 Å². The Morgan fingerprint density at radius 2 is 1.85 bits per heavy atom. The average molecular weight is 243 g/mol. The van der Waals surface area contributed by atoms with Gasteiger partial charge in [0.05, 0.1) is 0 Å². The monoisotopic (exact) mass is 242 g/mol. The molecule has 0 radical (unpaired) electrons. The molecule has 0 atom stereocenters. The van der Waals surface area contributed by atoms with E-state index in [0.29, 0.717) is 0 Å². The SMILES string of the molecule is CC(C)(N)CNc1ccc(Br)cc1. The fraction of sp³-hybridized carbons (Fsp3) is 0.400. The lowest BCUT2D eigenvalue weighted by Crippen LogP contribution is -2.39. The first-order valence-corrected chi connectivity index (χ1v) is 5.05. The Hall–Kier alpha value is -0.540. The third-order valence-corrected chi connectivity index (χ3v) is 2.12. The molecule has 1 aromatic rings. The maximum atomic E-state index is 5.84. The summed E-state index contributed by atoms with van der Waals surface area (Å²) in [6, 6.07) is 8.06. The van der Waals surface area contributed by atoms with Crippen LogP contribution in [0, 0.1) is 0 Å². The summed E-state index contributed by atoms with van der Waals surface area (Å²) in [5, 5.41) is 3.27. The quantitative estimate of drug-likeness (QED) is 0.856. The highest BCUT2D eigenvalue weighted by atomic mass is 79.9. The van der Waals surface area contributed by atoms with Gasteiger partial charge in [-0.05, 0) is 38.1 Å². The van der Waals surface area contributed by atoms with Crippen molar-refractivity contribution >= 4 is 21.6 Å². The topological polar surface area (TPSA) is 38.0 Å². The van der Waals surface area contributed by atoms with Crippen LogP contribution in [0.5, 0.6) is 0 Å². The van der Waals surface area contributed by atoms with Crippen molar-refractivity contribution in [3.05, 3.63) is 28.7 Å². The van der Waals surface area contributed by atoms with Crippen LogP contribution in [0.1, 0.15) is 13.8 Å². The normalized spacial score (nSPS) is 11.4. The fourth-order valence-corrected chi connectivity index (χ4v) is 1.16. The van der Waals surface area contributed by atoms with Crippen LogP contribution >= 0.6 is 15.9 Å². The summed E-state index contributed by atoms with van der Waals surface area (Å²) in [6.45, 7) is 4.77. The third-order valence-electron chi connectivity index (χ3n) is 1.59. The van der Waals surface area contributed by atoms with Crippen molar-refractivity contribution in [3.63, 3.8) is 0 Å². The molecule has 2 nitrogen and oxygen atoms in total. The molecule has 0 amide bonds. The van der Waals surface area contributed by atoms with E-state index in [2.05, 4.69) is 21.2 Å². The second kappa shape index (κ2) is 4.11. The van der Waals surface area contributed by atoms with E-state index in [0.717, 1.165) is 16.7 Å². The molecule has 0 aromatic heterocycles. The van der Waals surface area contributed by atoms with Gasteiger partial charge in [0.1, 0.15) is 0 Å². The molecule has 0 saturated heterocycles. The molecule has 0 fully saturated rings. The molecule has 0 unspecified atom stereocenters. The first-order chi connectivity index (χ1) is 5.97. The number of hydrogen-bond acceptors (Lipinski definition) is 2. The van der Waals surface area contributed by atoms with Crippen LogP contribution < -0.4 is 11.1 Å². The molecular weight excluding hydrogens is 228 g/mol.